The Labute approximate surface area is 315 Å². The quantitative estimate of drug-likeness (QED) is 0.0935. The summed E-state index contributed by atoms with van der Waals surface area (Å²) in [5.41, 5.74) is 2.46. The Kier molecular flexibility index (Phi) is 17.4. The number of fused-ring (bicyclic) bond motifs is 5. The predicted octanol–water partition coefficient (Wildman–Crippen LogP) is 14.4. The van der Waals surface area contributed by atoms with Gasteiger partial charge in [0.05, 0.1) is 0 Å². The van der Waals surface area contributed by atoms with E-state index in [4.69, 9.17) is 4.74 Å². The number of carbonyl (C=O) groups excluding carboxylic acids is 1. The van der Waals surface area contributed by atoms with Crippen molar-refractivity contribution in [2.45, 2.75) is 170 Å². The van der Waals surface area contributed by atoms with Gasteiger partial charge in [0.15, 0.2) is 0 Å². The third-order valence-electron chi connectivity index (χ3n) is 13.7. The summed E-state index contributed by atoms with van der Waals surface area (Å²) >= 11 is 0. The van der Waals surface area contributed by atoms with Crippen molar-refractivity contribution in [3.63, 3.8) is 0 Å². The van der Waals surface area contributed by atoms with Crippen LogP contribution in [-0.2, 0) is 9.53 Å². The number of rotatable bonds is 20. The Morgan fingerprint density at radius 1 is 0.765 bits per heavy atom. The lowest BCUT2D eigenvalue weighted by Crippen LogP contribution is -2.51. The minimum atomic E-state index is -0.0228. The lowest BCUT2D eigenvalue weighted by molar-refractivity contribution is -0.151. The molecule has 3 fully saturated rings. The second-order valence-corrected chi connectivity index (χ2v) is 17.6. The van der Waals surface area contributed by atoms with Crippen LogP contribution in [0.25, 0.3) is 0 Å². The monoisotopic (exact) mass is 697 g/mol. The van der Waals surface area contributed by atoms with Crippen LogP contribution in [-0.4, -0.2) is 12.1 Å². The molecule has 8 atom stereocenters. The average Bonchev–Trinajstić information content (AvgIpc) is 3.46. The van der Waals surface area contributed by atoms with E-state index in [9.17, 15) is 4.79 Å². The zero-order chi connectivity index (χ0) is 36.5. The highest BCUT2D eigenvalue weighted by Crippen LogP contribution is 2.67. The third kappa shape index (κ3) is 12.1. The number of ether oxygens (including phenoxy) is 1. The number of esters is 1. The Morgan fingerprint density at radius 3 is 1.98 bits per heavy atom. The van der Waals surface area contributed by atoms with Gasteiger partial charge in [-0.2, -0.15) is 0 Å². The molecule has 0 aromatic carbocycles. The van der Waals surface area contributed by atoms with Gasteiger partial charge >= 0.3 is 5.97 Å². The van der Waals surface area contributed by atoms with Gasteiger partial charge in [-0.1, -0.05) is 145 Å². The molecule has 0 bridgehead atoms. The van der Waals surface area contributed by atoms with Gasteiger partial charge in [-0.15, -0.1) is 0 Å². The summed E-state index contributed by atoms with van der Waals surface area (Å²) in [6.45, 7) is 14.8. The summed E-state index contributed by atoms with van der Waals surface area (Å²) in [5.74, 6) is 5.15. The molecule has 4 rings (SSSR count). The summed E-state index contributed by atoms with van der Waals surface area (Å²) in [6.07, 6.45) is 50.9. The van der Waals surface area contributed by atoms with Crippen LogP contribution in [0.15, 0.2) is 84.6 Å². The molecule has 0 saturated heterocycles. The standard InChI is InChI=1S/C49H76O2/c1-7-8-9-10-11-12-13-14-15-16-17-18-19-20-21-22-23-24-25-29-47(50)51-42-34-36-48(5)41(38-42)30-31-43-45-33-32-44(40(4)28-26-27-39(2)3)49(45,6)37-35-46(43)48/h8-9,11-12,14-15,17-18,20-21,23-24,30,39-40,42-46H,7,10,13,16,19,22,25-29,31-38H2,1-6H3. The number of allylic oxidation sites excluding steroid dienone is 13. The van der Waals surface area contributed by atoms with E-state index in [1.165, 1.54) is 57.8 Å². The summed E-state index contributed by atoms with van der Waals surface area (Å²) in [7, 11) is 0. The highest BCUT2D eigenvalue weighted by Gasteiger charge is 2.59. The lowest BCUT2D eigenvalue weighted by atomic mass is 9.47. The van der Waals surface area contributed by atoms with Gasteiger partial charge in [-0.05, 0) is 136 Å². The summed E-state index contributed by atoms with van der Waals surface area (Å²) < 4.78 is 6.09. The topological polar surface area (TPSA) is 26.3 Å². The van der Waals surface area contributed by atoms with Crippen molar-refractivity contribution in [2.24, 2.45) is 46.3 Å². The van der Waals surface area contributed by atoms with Crippen LogP contribution in [0.1, 0.15) is 164 Å². The molecule has 0 aliphatic heterocycles. The fourth-order valence-electron chi connectivity index (χ4n) is 10.8. The van der Waals surface area contributed by atoms with Crippen LogP contribution in [0.4, 0.5) is 0 Å². The van der Waals surface area contributed by atoms with Crippen LogP contribution in [0.3, 0.4) is 0 Å². The second kappa shape index (κ2) is 21.4. The van der Waals surface area contributed by atoms with Crippen molar-refractivity contribution in [1.29, 1.82) is 0 Å². The number of hydrogen-bond donors (Lipinski definition) is 0. The average molecular weight is 697 g/mol. The van der Waals surface area contributed by atoms with Gasteiger partial charge in [-0.3, -0.25) is 4.79 Å². The molecule has 3 saturated carbocycles. The molecule has 2 nitrogen and oxygen atoms in total. The van der Waals surface area contributed by atoms with E-state index >= 15 is 0 Å². The maximum Gasteiger partial charge on any atom is 0.306 e. The molecule has 8 unspecified atom stereocenters. The largest absolute Gasteiger partial charge is 0.462 e. The van der Waals surface area contributed by atoms with Gasteiger partial charge in [-0.25, -0.2) is 0 Å². The Bertz CT molecular complexity index is 1260. The van der Waals surface area contributed by atoms with Gasteiger partial charge < -0.3 is 4.74 Å². The Hall–Kier alpha value is -2.35. The van der Waals surface area contributed by atoms with E-state index in [2.05, 4.69) is 121 Å². The highest BCUT2D eigenvalue weighted by molar-refractivity contribution is 5.69. The van der Waals surface area contributed by atoms with E-state index in [0.717, 1.165) is 93.3 Å². The molecule has 4 aliphatic carbocycles. The maximum absolute atomic E-state index is 12.8. The first-order valence-corrected chi connectivity index (χ1v) is 21.5. The second-order valence-electron chi connectivity index (χ2n) is 17.6. The van der Waals surface area contributed by atoms with Crippen LogP contribution >= 0.6 is 0 Å². The third-order valence-corrected chi connectivity index (χ3v) is 13.7. The molecule has 0 amide bonds. The van der Waals surface area contributed by atoms with Crippen molar-refractivity contribution in [3.05, 3.63) is 84.6 Å². The first kappa shape index (κ1) is 41.4. The van der Waals surface area contributed by atoms with Crippen molar-refractivity contribution in [1.82, 2.24) is 0 Å². The highest BCUT2D eigenvalue weighted by atomic mass is 16.5. The molecule has 2 heteroatoms. The lowest BCUT2D eigenvalue weighted by Gasteiger charge is -2.58. The molecular formula is C49H76O2. The Balaban J connectivity index is 1.11. The van der Waals surface area contributed by atoms with Gasteiger partial charge in [0.1, 0.15) is 6.10 Å². The van der Waals surface area contributed by atoms with Crippen LogP contribution in [0.5, 0.6) is 0 Å². The van der Waals surface area contributed by atoms with E-state index in [1.54, 1.807) is 5.57 Å². The molecule has 0 aromatic rings. The molecule has 0 heterocycles. The smallest absolute Gasteiger partial charge is 0.306 e. The van der Waals surface area contributed by atoms with Crippen molar-refractivity contribution in [2.75, 3.05) is 0 Å². The zero-order valence-electron chi connectivity index (χ0n) is 33.8. The van der Waals surface area contributed by atoms with Crippen molar-refractivity contribution in [3.8, 4) is 0 Å². The fourth-order valence-corrected chi connectivity index (χ4v) is 10.8. The van der Waals surface area contributed by atoms with E-state index in [0.29, 0.717) is 17.3 Å². The molecule has 0 spiro atoms. The predicted molar refractivity (Wildman–Crippen MR) is 220 cm³/mol. The van der Waals surface area contributed by atoms with Crippen molar-refractivity contribution < 1.29 is 9.53 Å². The van der Waals surface area contributed by atoms with E-state index in [1.807, 2.05) is 0 Å². The molecule has 4 aliphatic rings. The molecule has 51 heavy (non-hydrogen) atoms. The minimum Gasteiger partial charge on any atom is -0.462 e. The molecule has 0 radical (unpaired) electrons. The molecular weight excluding hydrogens is 621 g/mol. The zero-order valence-corrected chi connectivity index (χ0v) is 33.8. The maximum atomic E-state index is 12.8. The van der Waals surface area contributed by atoms with Crippen LogP contribution in [0.2, 0.25) is 0 Å². The fraction of sp³-hybridized carbons (Fsp3) is 0.694. The van der Waals surface area contributed by atoms with Gasteiger partial charge in [0.2, 0.25) is 0 Å². The van der Waals surface area contributed by atoms with Gasteiger partial charge in [0, 0.05) is 12.8 Å². The number of carbonyl (C=O) groups is 1. The first-order chi connectivity index (χ1) is 24.7. The first-order valence-electron chi connectivity index (χ1n) is 21.5. The normalized spacial score (nSPS) is 31.7. The van der Waals surface area contributed by atoms with Crippen molar-refractivity contribution >= 4 is 5.97 Å². The number of hydrogen-bond acceptors (Lipinski definition) is 2. The summed E-state index contributed by atoms with van der Waals surface area (Å²) in [6, 6.07) is 0. The summed E-state index contributed by atoms with van der Waals surface area (Å²) in [5, 5.41) is 0. The van der Waals surface area contributed by atoms with E-state index in [-0.39, 0.29) is 12.1 Å². The van der Waals surface area contributed by atoms with Crippen LogP contribution < -0.4 is 0 Å². The minimum absolute atomic E-state index is 0.0228. The van der Waals surface area contributed by atoms with E-state index < -0.39 is 0 Å². The summed E-state index contributed by atoms with van der Waals surface area (Å²) in [4.78, 5) is 12.8. The molecule has 0 N–H and O–H groups in total. The van der Waals surface area contributed by atoms with Crippen LogP contribution in [0, 0.1) is 46.3 Å². The SMILES string of the molecule is CCC=CCC=CCC=CCC=CCC=CCC=CCCC(=O)OC1CCC2(C)C(=CCC3C2CCC2(C)C(C(C)CCCC(C)C)CCC32)C1. The molecule has 284 valence electrons. The Morgan fingerprint density at radius 2 is 1.37 bits per heavy atom. The molecule has 0 aromatic heterocycles. The van der Waals surface area contributed by atoms with Gasteiger partial charge in [0.25, 0.3) is 0 Å².